The van der Waals surface area contributed by atoms with E-state index in [0.717, 1.165) is 40.8 Å². The predicted octanol–water partition coefficient (Wildman–Crippen LogP) is 4.72. The number of nitrogens with zero attached hydrogens (tertiary/aromatic N) is 4. The van der Waals surface area contributed by atoms with E-state index >= 15 is 0 Å². The van der Waals surface area contributed by atoms with Gasteiger partial charge in [0.15, 0.2) is 22.5 Å². The van der Waals surface area contributed by atoms with Crippen molar-refractivity contribution in [2.45, 2.75) is 51.2 Å². The average Bonchev–Trinajstić information content (AvgIpc) is 3.12. The van der Waals surface area contributed by atoms with Crippen LogP contribution in [0.1, 0.15) is 51.6 Å². The van der Waals surface area contributed by atoms with Gasteiger partial charge in [0.25, 0.3) is 0 Å². The number of benzene rings is 1. The summed E-state index contributed by atoms with van der Waals surface area (Å²) >= 11 is 1.74. The van der Waals surface area contributed by atoms with Gasteiger partial charge >= 0.3 is 0 Å². The van der Waals surface area contributed by atoms with Gasteiger partial charge in [-0.25, -0.2) is 0 Å². The molecule has 0 atom stereocenters. The molecule has 0 spiro atoms. The highest BCUT2D eigenvalue weighted by Gasteiger charge is 2.27. The Labute approximate surface area is 185 Å². The van der Waals surface area contributed by atoms with Crippen molar-refractivity contribution in [1.29, 1.82) is 0 Å². The molecule has 0 saturated carbocycles. The van der Waals surface area contributed by atoms with Gasteiger partial charge in [0.1, 0.15) is 0 Å². The van der Waals surface area contributed by atoms with Gasteiger partial charge in [-0.2, -0.15) is 0 Å². The average molecular weight is 437 g/mol. The lowest BCUT2D eigenvalue weighted by Crippen LogP contribution is -2.13. The Morgan fingerprint density at radius 1 is 0.967 bits per heavy atom. The fourth-order valence-corrected chi connectivity index (χ4v) is 4.40. The van der Waals surface area contributed by atoms with Crippen LogP contribution in [0.15, 0.2) is 11.2 Å². The minimum atomic E-state index is 0.201. The van der Waals surface area contributed by atoms with E-state index in [1.54, 1.807) is 33.1 Å². The summed E-state index contributed by atoms with van der Waals surface area (Å²) in [5.74, 6) is 3.90. The normalized spacial score (nSPS) is 11.6. The van der Waals surface area contributed by atoms with Gasteiger partial charge in [0, 0.05) is 17.4 Å². The van der Waals surface area contributed by atoms with Gasteiger partial charge in [-0.1, -0.05) is 25.6 Å². The van der Waals surface area contributed by atoms with Crippen molar-refractivity contribution < 1.29 is 14.2 Å². The van der Waals surface area contributed by atoms with Crippen LogP contribution in [0.2, 0.25) is 0 Å². The van der Waals surface area contributed by atoms with E-state index in [1.165, 1.54) is 0 Å². The topological polar surface area (TPSA) is 61.6 Å². The fourth-order valence-electron chi connectivity index (χ4n) is 3.41. The summed E-state index contributed by atoms with van der Waals surface area (Å²) in [6.07, 6.45) is 1.09. The Morgan fingerprint density at radius 2 is 1.60 bits per heavy atom. The Morgan fingerprint density at radius 3 is 2.10 bits per heavy atom. The lowest BCUT2D eigenvalue weighted by Gasteiger charge is -2.22. The van der Waals surface area contributed by atoms with Crippen LogP contribution in [0, 0.1) is 0 Å². The van der Waals surface area contributed by atoms with Crippen LogP contribution in [0.25, 0.3) is 11.4 Å². The number of hydrogen-bond donors (Lipinski definition) is 0. The molecular weight excluding hydrogens is 400 g/mol. The van der Waals surface area contributed by atoms with E-state index < -0.39 is 0 Å². The molecule has 1 aromatic carbocycles. The summed E-state index contributed by atoms with van der Waals surface area (Å²) in [5.41, 5.74) is 1.91. The van der Waals surface area contributed by atoms with Crippen LogP contribution in [0.5, 0.6) is 17.2 Å². The summed E-state index contributed by atoms with van der Waals surface area (Å²) in [6.45, 7) is 9.61. The minimum absolute atomic E-state index is 0.201. The van der Waals surface area contributed by atoms with Crippen molar-refractivity contribution in [2.75, 3.05) is 47.7 Å². The van der Waals surface area contributed by atoms with Gasteiger partial charge < -0.3 is 19.1 Å². The van der Waals surface area contributed by atoms with E-state index in [-0.39, 0.29) is 12.0 Å². The van der Waals surface area contributed by atoms with Crippen molar-refractivity contribution in [3.05, 3.63) is 11.6 Å². The molecule has 0 aliphatic heterocycles. The first-order valence-corrected chi connectivity index (χ1v) is 11.3. The summed E-state index contributed by atoms with van der Waals surface area (Å²) in [4.78, 5) is 2.20. The van der Waals surface area contributed by atoms with Crippen molar-refractivity contribution >= 4 is 11.8 Å². The molecule has 0 saturated heterocycles. The van der Waals surface area contributed by atoms with Crippen LogP contribution < -0.4 is 14.2 Å². The highest BCUT2D eigenvalue weighted by molar-refractivity contribution is 7.99. The number of methoxy groups -OCH3 is 3. The molecule has 0 aliphatic rings. The first kappa shape index (κ1) is 24.3. The quantitative estimate of drug-likeness (QED) is 0.373. The van der Waals surface area contributed by atoms with Crippen molar-refractivity contribution in [3.8, 4) is 28.6 Å². The maximum atomic E-state index is 5.77. The van der Waals surface area contributed by atoms with E-state index in [4.69, 9.17) is 14.2 Å². The summed E-state index contributed by atoms with van der Waals surface area (Å²) < 4.78 is 19.3. The molecule has 0 radical (unpaired) electrons. The Kier molecular flexibility index (Phi) is 8.85. The van der Waals surface area contributed by atoms with Gasteiger partial charge in [-0.15, -0.1) is 10.2 Å². The molecule has 0 amide bonds. The van der Waals surface area contributed by atoms with E-state index in [0.29, 0.717) is 17.2 Å². The molecule has 7 nitrogen and oxygen atoms in total. The molecule has 2 aromatic rings. The SMILES string of the molecule is COc1c(-c2nnc(SCCCN(C)C)n2C(C)C)cc(C(C)C)c(OC)c1OC. The highest BCUT2D eigenvalue weighted by Crippen LogP contribution is 2.48. The maximum absolute atomic E-state index is 5.77. The van der Waals surface area contributed by atoms with Gasteiger partial charge in [-0.05, 0) is 52.9 Å². The maximum Gasteiger partial charge on any atom is 0.204 e. The fraction of sp³-hybridized carbons (Fsp3) is 0.636. The predicted molar refractivity (Wildman–Crippen MR) is 123 cm³/mol. The number of hydrogen-bond acceptors (Lipinski definition) is 7. The van der Waals surface area contributed by atoms with Gasteiger partial charge in [-0.3, -0.25) is 4.57 Å². The number of ether oxygens (including phenoxy) is 3. The molecular formula is C22H36N4O3S. The van der Waals surface area contributed by atoms with E-state index in [1.807, 2.05) is 0 Å². The smallest absolute Gasteiger partial charge is 0.204 e. The van der Waals surface area contributed by atoms with Crippen LogP contribution in [0.4, 0.5) is 0 Å². The molecule has 0 fully saturated rings. The lowest BCUT2D eigenvalue weighted by atomic mass is 9.97. The molecule has 2 rings (SSSR count). The van der Waals surface area contributed by atoms with E-state index in [2.05, 4.69) is 67.5 Å². The Bertz CT molecular complexity index is 834. The Hall–Kier alpha value is -1.93. The molecule has 30 heavy (non-hydrogen) atoms. The zero-order valence-corrected chi connectivity index (χ0v) is 20.6. The standard InChI is InChI=1S/C22H36N4O3S/c1-14(2)16-13-17(19(28-8)20(29-9)18(16)27-7)21-23-24-22(26(21)15(3)4)30-12-10-11-25(5)6/h13-15H,10-12H2,1-9H3. The third-order valence-corrected chi connectivity index (χ3v) is 5.89. The largest absolute Gasteiger partial charge is 0.492 e. The first-order chi connectivity index (χ1) is 14.3. The zero-order chi connectivity index (χ0) is 22.4. The second-order valence-corrected chi connectivity index (χ2v) is 9.11. The van der Waals surface area contributed by atoms with Crippen molar-refractivity contribution in [2.24, 2.45) is 0 Å². The lowest BCUT2D eigenvalue weighted by molar-refractivity contribution is 0.322. The third-order valence-electron chi connectivity index (χ3n) is 4.86. The van der Waals surface area contributed by atoms with Crippen molar-refractivity contribution in [1.82, 2.24) is 19.7 Å². The zero-order valence-electron chi connectivity index (χ0n) is 19.8. The molecule has 0 N–H and O–H groups in total. The van der Waals surface area contributed by atoms with Crippen LogP contribution in [-0.4, -0.2) is 67.4 Å². The van der Waals surface area contributed by atoms with Crippen LogP contribution >= 0.6 is 11.8 Å². The second-order valence-electron chi connectivity index (χ2n) is 8.04. The molecule has 0 unspecified atom stereocenters. The summed E-state index contributed by atoms with van der Waals surface area (Å²) in [6, 6.07) is 2.29. The summed E-state index contributed by atoms with van der Waals surface area (Å²) in [5, 5.41) is 10.00. The first-order valence-electron chi connectivity index (χ1n) is 10.3. The van der Waals surface area contributed by atoms with Crippen molar-refractivity contribution in [3.63, 3.8) is 0 Å². The molecule has 0 bridgehead atoms. The number of rotatable bonds is 11. The number of aromatic nitrogens is 3. The Balaban J connectivity index is 2.58. The second kappa shape index (κ2) is 10.9. The van der Waals surface area contributed by atoms with E-state index in [9.17, 15) is 0 Å². The highest BCUT2D eigenvalue weighted by atomic mass is 32.2. The van der Waals surface area contributed by atoms with Crippen LogP contribution in [0.3, 0.4) is 0 Å². The molecule has 1 aromatic heterocycles. The van der Waals surface area contributed by atoms with Gasteiger partial charge in [0.05, 0.1) is 26.9 Å². The minimum Gasteiger partial charge on any atom is -0.492 e. The monoisotopic (exact) mass is 436 g/mol. The summed E-state index contributed by atoms with van der Waals surface area (Å²) in [7, 11) is 9.11. The molecule has 1 heterocycles. The van der Waals surface area contributed by atoms with Crippen LogP contribution in [-0.2, 0) is 0 Å². The molecule has 8 heteroatoms. The molecule has 0 aliphatic carbocycles. The third kappa shape index (κ3) is 5.21. The molecule has 168 valence electrons. The number of thioether (sulfide) groups is 1. The van der Waals surface area contributed by atoms with Gasteiger partial charge in [0.2, 0.25) is 5.75 Å².